The zero-order chi connectivity index (χ0) is 13.1. The molecule has 0 saturated carbocycles. The van der Waals surface area contributed by atoms with Crippen molar-refractivity contribution in [1.82, 2.24) is 5.32 Å². The van der Waals surface area contributed by atoms with Gasteiger partial charge in [-0.2, -0.15) is 0 Å². The number of hydrogen-bond acceptors (Lipinski definition) is 3. The average molecular weight is 251 g/mol. The molecule has 0 aromatic heterocycles. The maximum absolute atomic E-state index is 5.62. The minimum Gasteiger partial charge on any atom is -0.379 e. The van der Waals surface area contributed by atoms with Crippen LogP contribution in [0.1, 0.15) is 25.0 Å². The predicted octanol–water partition coefficient (Wildman–Crippen LogP) is 2.39. The highest BCUT2D eigenvalue weighted by Crippen LogP contribution is 2.10. The zero-order valence-corrected chi connectivity index (χ0v) is 11.6. The van der Waals surface area contributed by atoms with E-state index in [-0.39, 0.29) is 0 Å². The van der Waals surface area contributed by atoms with Gasteiger partial charge in [0.2, 0.25) is 0 Å². The molecule has 102 valence electrons. The van der Waals surface area contributed by atoms with Gasteiger partial charge in [0.1, 0.15) is 0 Å². The van der Waals surface area contributed by atoms with Crippen LogP contribution in [0.4, 0.5) is 0 Å². The van der Waals surface area contributed by atoms with Crippen molar-refractivity contribution in [2.45, 2.75) is 26.9 Å². The van der Waals surface area contributed by atoms with Gasteiger partial charge in [-0.3, -0.25) is 0 Å². The van der Waals surface area contributed by atoms with Crippen LogP contribution in [0, 0.1) is 0 Å². The van der Waals surface area contributed by atoms with Gasteiger partial charge >= 0.3 is 0 Å². The van der Waals surface area contributed by atoms with E-state index < -0.39 is 0 Å². The summed E-state index contributed by atoms with van der Waals surface area (Å²) in [6, 6.07) is 8.48. The van der Waals surface area contributed by atoms with Crippen molar-refractivity contribution < 1.29 is 9.47 Å². The molecule has 0 aliphatic rings. The number of nitrogens with one attached hydrogen (secondary N) is 1. The van der Waals surface area contributed by atoms with Crippen molar-refractivity contribution in [3.63, 3.8) is 0 Å². The molecule has 0 radical (unpaired) electrons. The van der Waals surface area contributed by atoms with Gasteiger partial charge in [0.25, 0.3) is 0 Å². The van der Waals surface area contributed by atoms with Crippen LogP contribution in [-0.2, 0) is 22.5 Å². The number of hydrogen-bond donors (Lipinski definition) is 1. The third kappa shape index (κ3) is 6.15. The van der Waals surface area contributed by atoms with Gasteiger partial charge in [-0.1, -0.05) is 31.2 Å². The number of likely N-dealkylation sites (N-methyl/N-ethyl adjacent to an activating group) is 1. The Morgan fingerprint density at radius 2 is 1.72 bits per heavy atom. The molecule has 1 aromatic rings. The SMILES string of the molecule is CCNCCc1ccccc1COCCOCC. The van der Waals surface area contributed by atoms with Crippen molar-refractivity contribution >= 4 is 0 Å². The Hall–Kier alpha value is -0.900. The maximum Gasteiger partial charge on any atom is 0.0720 e. The predicted molar refractivity (Wildman–Crippen MR) is 74.8 cm³/mol. The first-order valence-corrected chi connectivity index (χ1v) is 6.81. The lowest BCUT2D eigenvalue weighted by Crippen LogP contribution is -2.17. The fourth-order valence-electron chi connectivity index (χ4n) is 1.79. The molecule has 0 spiro atoms. The van der Waals surface area contributed by atoms with E-state index in [1.807, 2.05) is 6.92 Å². The van der Waals surface area contributed by atoms with Gasteiger partial charge in [-0.05, 0) is 37.6 Å². The number of benzene rings is 1. The van der Waals surface area contributed by atoms with Crippen LogP contribution >= 0.6 is 0 Å². The van der Waals surface area contributed by atoms with Gasteiger partial charge in [-0.25, -0.2) is 0 Å². The van der Waals surface area contributed by atoms with Crippen LogP contribution in [0.25, 0.3) is 0 Å². The summed E-state index contributed by atoms with van der Waals surface area (Å²) in [6.07, 6.45) is 1.05. The highest BCUT2D eigenvalue weighted by Gasteiger charge is 2.01. The Balaban J connectivity index is 2.33. The molecule has 0 saturated heterocycles. The van der Waals surface area contributed by atoms with Crippen molar-refractivity contribution in [1.29, 1.82) is 0 Å². The van der Waals surface area contributed by atoms with Crippen molar-refractivity contribution in [2.75, 3.05) is 32.9 Å². The molecule has 0 unspecified atom stereocenters. The lowest BCUT2D eigenvalue weighted by molar-refractivity contribution is 0.0450. The van der Waals surface area contributed by atoms with Crippen molar-refractivity contribution in [2.24, 2.45) is 0 Å². The van der Waals surface area contributed by atoms with Gasteiger partial charge in [0, 0.05) is 6.61 Å². The monoisotopic (exact) mass is 251 g/mol. The molecule has 0 aliphatic carbocycles. The number of ether oxygens (including phenoxy) is 2. The minimum atomic E-state index is 0.662. The summed E-state index contributed by atoms with van der Waals surface area (Å²) in [5.41, 5.74) is 2.65. The van der Waals surface area contributed by atoms with Crippen molar-refractivity contribution in [3.8, 4) is 0 Å². The molecule has 0 bridgehead atoms. The maximum atomic E-state index is 5.62. The third-order valence-corrected chi connectivity index (χ3v) is 2.77. The highest BCUT2D eigenvalue weighted by molar-refractivity contribution is 5.26. The molecule has 0 atom stereocenters. The van der Waals surface area contributed by atoms with E-state index in [1.54, 1.807) is 0 Å². The van der Waals surface area contributed by atoms with Gasteiger partial charge in [0.05, 0.1) is 19.8 Å². The molecule has 3 heteroatoms. The van der Waals surface area contributed by atoms with E-state index in [4.69, 9.17) is 9.47 Å². The van der Waals surface area contributed by atoms with Gasteiger partial charge in [-0.15, -0.1) is 0 Å². The first-order valence-electron chi connectivity index (χ1n) is 6.81. The second-order valence-electron chi connectivity index (χ2n) is 4.12. The van der Waals surface area contributed by atoms with Crippen LogP contribution in [0.15, 0.2) is 24.3 Å². The smallest absolute Gasteiger partial charge is 0.0720 e. The number of rotatable bonds is 10. The summed E-state index contributed by atoms with van der Waals surface area (Å²) in [5.74, 6) is 0. The molecule has 1 rings (SSSR count). The standard InChI is InChI=1S/C15H25NO2/c1-3-16-10-9-14-7-5-6-8-15(14)13-18-12-11-17-4-2/h5-8,16H,3-4,9-13H2,1-2H3. The second-order valence-corrected chi connectivity index (χ2v) is 4.12. The molecule has 0 heterocycles. The summed E-state index contributed by atoms with van der Waals surface area (Å²) in [7, 11) is 0. The van der Waals surface area contributed by atoms with Crippen molar-refractivity contribution in [3.05, 3.63) is 35.4 Å². The summed E-state index contributed by atoms with van der Waals surface area (Å²) >= 11 is 0. The van der Waals surface area contributed by atoms with Crippen LogP contribution in [0.3, 0.4) is 0 Å². The summed E-state index contributed by atoms with van der Waals surface area (Å²) in [6.45, 7) is 8.93. The minimum absolute atomic E-state index is 0.662. The molecular weight excluding hydrogens is 226 g/mol. The first kappa shape index (κ1) is 15.2. The van der Waals surface area contributed by atoms with E-state index in [1.165, 1.54) is 11.1 Å². The molecule has 0 amide bonds. The summed E-state index contributed by atoms with van der Waals surface area (Å²) < 4.78 is 10.9. The Bertz CT molecular complexity index is 315. The molecule has 0 aliphatic heterocycles. The van der Waals surface area contributed by atoms with Crippen LogP contribution in [-0.4, -0.2) is 32.9 Å². The second kappa shape index (κ2) is 10.1. The molecule has 0 fully saturated rings. The lowest BCUT2D eigenvalue weighted by atomic mass is 10.1. The fourth-order valence-corrected chi connectivity index (χ4v) is 1.79. The average Bonchev–Trinajstić information content (AvgIpc) is 2.40. The fraction of sp³-hybridized carbons (Fsp3) is 0.600. The van der Waals surface area contributed by atoms with Crippen LogP contribution < -0.4 is 5.32 Å². The van der Waals surface area contributed by atoms with E-state index in [2.05, 4.69) is 36.5 Å². The molecule has 1 aromatic carbocycles. The Morgan fingerprint density at radius 1 is 1.00 bits per heavy atom. The third-order valence-electron chi connectivity index (χ3n) is 2.77. The highest BCUT2D eigenvalue weighted by atomic mass is 16.5. The molecule has 3 nitrogen and oxygen atoms in total. The van der Waals surface area contributed by atoms with Gasteiger partial charge < -0.3 is 14.8 Å². The molecule has 18 heavy (non-hydrogen) atoms. The normalized spacial score (nSPS) is 10.8. The zero-order valence-electron chi connectivity index (χ0n) is 11.6. The molecule has 1 N–H and O–H groups in total. The summed E-state index contributed by atoms with van der Waals surface area (Å²) in [5, 5.41) is 3.35. The quantitative estimate of drug-likeness (QED) is 0.648. The van der Waals surface area contributed by atoms with Crippen LogP contribution in [0.2, 0.25) is 0 Å². The lowest BCUT2D eigenvalue weighted by Gasteiger charge is -2.10. The molecular formula is C15H25NO2. The topological polar surface area (TPSA) is 30.5 Å². The van der Waals surface area contributed by atoms with Crippen LogP contribution in [0.5, 0.6) is 0 Å². The van der Waals surface area contributed by atoms with Gasteiger partial charge in [0.15, 0.2) is 0 Å². The summed E-state index contributed by atoms with van der Waals surface area (Å²) in [4.78, 5) is 0. The van der Waals surface area contributed by atoms with E-state index in [9.17, 15) is 0 Å². The van der Waals surface area contributed by atoms with E-state index >= 15 is 0 Å². The first-order chi connectivity index (χ1) is 8.88. The van der Waals surface area contributed by atoms with E-state index in [0.717, 1.165) is 26.1 Å². The largest absolute Gasteiger partial charge is 0.379 e. The van der Waals surface area contributed by atoms with E-state index in [0.29, 0.717) is 19.8 Å². The Kier molecular flexibility index (Phi) is 8.47. The Labute approximate surface area is 110 Å². The Morgan fingerprint density at radius 3 is 2.44 bits per heavy atom.